The molecule has 0 radical (unpaired) electrons. The quantitative estimate of drug-likeness (QED) is 0.787. The molecule has 0 bridgehead atoms. The van der Waals surface area contributed by atoms with Gasteiger partial charge in [0.1, 0.15) is 5.69 Å². The van der Waals surface area contributed by atoms with Gasteiger partial charge in [0.2, 0.25) is 0 Å². The summed E-state index contributed by atoms with van der Waals surface area (Å²) in [5.41, 5.74) is 4.84. The maximum atomic E-state index is 9.53. The molecule has 3 aromatic rings. The zero-order valence-electron chi connectivity index (χ0n) is 13.3. The van der Waals surface area contributed by atoms with E-state index in [2.05, 4.69) is 53.4 Å². The van der Waals surface area contributed by atoms with Crippen LogP contribution in [0.2, 0.25) is 0 Å². The molecular formula is C18H20N4O. The molecule has 0 aliphatic carbocycles. The van der Waals surface area contributed by atoms with Gasteiger partial charge in [-0.15, -0.1) is 5.10 Å². The van der Waals surface area contributed by atoms with Crippen LogP contribution in [0.4, 0.5) is 0 Å². The average Bonchev–Trinajstić information content (AvgIpc) is 2.99. The number of pyridine rings is 1. The Hall–Kier alpha value is -2.53. The van der Waals surface area contributed by atoms with Gasteiger partial charge in [-0.3, -0.25) is 4.98 Å². The van der Waals surface area contributed by atoms with E-state index in [0.29, 0.717) is 18.2 Å². The first-order chi connectivity index (χ1) is 11.2. The van der Waals surface area contributed by atoms with E-state index in [1.165, 1.54) is 5.56 Å². The minimum Gasteiger partial charge on any atom is -0.390 e. The zero-order valence-corrected chi connectivity index (χ0v) is 13.3. The molecule has 5 heteroatoms. The van der Waals surface area contributed by atoms with Crippen LogP contribution in [0.1, 0.15) is 36.6 Å². The lowest BCUT2D eigenvalue weighted by atomic mass is 10.0. The standard InChI is InChI=1S/C18H20N4O/c1-13(2)15-5-3-14(4-6-15)11-22-18(17(12-23)20-21-22)16-7-9-19-10-8-16/h3-10,13,23H,11-12H2,1-2H3. The van der Waals surface area contributed by atoms with E-state index < -0.39 is 0 Å². The van der Waals surface area contributed by atoms with E-state index in [4.69, 9.17) is 0 Å². The maximum absolute atomic E-state index is 9.53. The van der Waals surface area contributed by atoms with E-state index in [-0.39, 0.29) is 6.61 Å². The Morgan fingerprint density at radius 1 is 1.04 bits per heavy atom. The summed E-state index contributed by atoms with van der Waals surface area (Å²) in [6.07, 6.45) is 3.45. The summed E-state index contributed by atoms with van der Waals surface area (Å²) < 4.78 is 1.82. The van der Waals surface area contributed by atoms with Crippen molar-refractivity contribution in [2.45, 2.75) is 32.9 Å². The Morgan fingerprint density at radius 3 is 2.35 bits per heavy atom. The second kappa shape index (κ2) is 6.71. The van der Waals surface area contributed by atoms with Crippen LogP contribution < -0.4 is 0 Å². The topological polar surface area (TPSA) is 63.8 Å². The third-order valence-corrected chi connectivity index (χ3v) is 3.89. The van der Waals surface area contributed by atoms with Crippen molar-refractivity contribution in [2.75, 3.05) is 0 Å². The van der Waals surface area contributed by atoms with Gasteiger partial charge >= 0.3 is 0 Å². The van der Waals surface area contributed by atoms with Gasteiger partial charge in [0.15, 0.2) is 0 Å². The van der Waals surface area contributed by atoms with Crippen molar-refractivity contribution < 1.29 is 5.11 Å². The molecule has 0 amide bonds. The molecule has 1 aromatic carbocycles. The van der Waals surface area contributed by atoms with Gasteiger partial charge in [0, 0.05) is 18.0 Å². The van der Waals surface area contributed by atoms with E-state index in [0.717, 1.165) is 16.8 Å². The second-order valence-corrected chi connectivity index (χ2v) is 5.83. The van der Waals surface area contributed by atoms with Crippen LogP contribution in [0, 0.1) is 0 Å². The summed E-state index contributed by atoms with van der Waals surface area (Å²) in [4.78, 5) is 4.04. The average molecular weight is 308 g/mol. The number of rotatable bonds is 5. The molecule has 0 aliphatic heterocycles. The number of hydrogen-bond acceptors (Lipinski definition) is 4. The highest BCUT2D eigenvalue weighted by atomic mass is 16.3. The van der Waals surface area contributed by atoms with Gasteiger partial charge in [-0.2, -0.15) is 0 Å². The number of nitrogens with zero attached hydrogens (tertiary/aromatic N) is 4. The Kier molecular flexibility index (Phi) is 4.48. The molecule has 5 nitrogen and oxygen atoms in total. The summed E-state index contributed by atoms with van der Waals surface area (Å²) in [5, 5.41) is 17.8. The molecular weight excluding hydrogens is 288 g/mol. The van der Waals surface area contributed by atoms with Crippen LogP contribution in [-0.2, 0) is 13.2 Å². The summed E-state index contributed by atoms with van der Waals surface area (Å²) in [6, 6.07) is 12.3. The molecule has 0 saturated carbocycles. The number of aliphatic hydroxyl groups is 1. The molecule has 23 heavy (non-hydrogen) atoms. The molecule has 0 aliphatic rings. The highest BCUT2D eigenvalue weighted by Crippen LogP contribution is 2.23. The van der Waals surface area contributed by atoms with Gasteiger partial charge in [-0.25, -0.2) is 4.68 Å². The smallest absolute Gasteiger partial charge is 0.116 e. The van der Waals surface area contributed by atoms with Crippen LogP contribution >= 0.6 is 0 Å². The predicted octanol–water partition coefficient (Wildman–Crippen LogP) is 3.00. The van der Waals surface area contributed by atoms with Gasteiger partial charge in [-0.05, 0) is 29.2 Å². The first kappa shape index (κ1) is 15.4. The van der Waals surface area contributed by atoms with Crippen molar-refractivity contribution in [1.29, 1.82) is 0 Å². The fraction of sp³-hybridized carbons (Fsp3) is 0.278. The van der Waals surface area contributed by atoms with Gasteiger partial charge in [0.05, 0.1) is 18.8 Å². The lowest BCUT2D eigenvalue weighted by Gasteiger charge is -2.10. The van der Waals surface area contributed by atoms with Crippen LogP contribution in [0.15, 0.2) is 48.8 Å². The molecule has 0 atom stereocenters. The van der Waals surface area contributed by atoms with E-state index in [1.807, 2.05) is 16.8 Å². The summed E-state index contributed by atoms with van der Waals surface area (Å²) in [7, 11) is 0. The van der Waals surface area contributed by atoms with E-state index in [1.54, 1.807) is 12.4 Å². The monoisotopic (exact) mass is 308 g/mol. The fourth-order valence-electron chi connectivity index (χ4n) is 2.57. The Balaban J connectivity index is 1.93. The van der Waals surface area contributed by atoms with Crippen molar-refractivity contribution in [3.63, 3.8) is 0 Å². The number of hydrogen-bond donors (Lipinski definition) is 1. The Bertz CT molecular complexity index is 763. The van der Waals surface area contributed by atoms with Crippen LogP contribution in [0.5, 0.6) is 0 Å². The molecule has 0 fully saturated rings. The third kappa shape index (κ3) is 3.29. The molecule has 0 saturated heterocycles. The largest absolute Gasteiger partial charge is 0.390 e. The van der Waals surface area contributed by atoms with E-state index >= 15 is 0 Å². The first-order valence-electron chi connectivity index (χ1n) is 7.71. The minimum atomic E-state index is -0.135. The number of aromatic nitrogens is 4. The normalized spacial score (nSPS) is 11.1. The summed E-state index contributed by atoms with van der Waals surface area (Å²) in [6.45, 7) is 4.84. The van der Waals surface area contributed by atoms with E-state index in [9.17, 15) is 5.11 Å². The van der Waals surface area contributed by atoms with Crippen LogP contribution in [-0.4, -0.2) is 25.1 Å². The molecule has 118 valence electrons. The molecule has 3 rings (SSSR count). The third-order valence-electron chi connectivity index (χ3n) is 3.89. The highest BCUT2D eigenvalue weighted by molar-refractivity contribution is 5.61. The summed E-state index contributed by atoms with van der Waals surface area (Å²) in [5.74, 6) is 0.517. The van der Waals surface area contributed by atoms with Gasteiger partial charge in [-0.1, -0.05) is 43.3 Å². The van der Waals surface area contributed by atoms with Crippen molar-refractivity contribution >= 4 is 0 Å². The Labute approximate surface area is 135 Å². The predicted molar refractivity (Wildman–Crippen MR) is 88.8 cm³/mol. The first-order valence-corrected chi connectivity index (χ1v) is 7.71. The second-order valence-electron chi connectivity index (χ2n) is 5.83. The van der Waals surface area contributed by atoms with Crippen molar-refractivity contribution in [3.8, 4) is 11.3 Å². The maximum Gasteiger partial charge on any atom is 0.116 e. The number of benzene rings is 1. The molecule has 1 N–H and O–H groups in total. The van der Waals surface area contributed by atoms with Gasteiger partial charge in [0.25, 0.3) is 0 Å². The fourth-order valence-corrected chi connectivity index (χ4v) is 2.57. The van der Waals surface area contributed by atoms with Crippen LogP contribution in [0.25, 0.3) is 11.3 Å². The lowest BCUT2D eigenvalue weighted by Crippen LogP contribution is -2.05. The van der Waals surface area contributed by atoms with Gasteiger partial charge < -0.3 is 5.11 Å². The summed E-state index contributed by atoms with van der Waals surface area (Å²) >= 11 is 0. The highest BCUT2D eigenvalue weighted by Gasteiger charge is 2.14. The lowest BCUT2D eigenvalue weighted by molar-refractivity contribution is 0.277. The molecule has 0 unspecified atom stereocenters. The van der Waals surface area contributed by atoms with Crippen molar-refractivity contribution in [1.82, 2.24) is 20.0 Å². The van der Waals surface area contributed by atoms with Crippen molar-refractivity contribution in [3.05, 3.63) is 65.6 Å². The molecule has 0 spiro atoms. The number of aliphatic hydroxyl groups excluding tert-OH is 1. The minimum absolute atomic E-state index is 0.135. The Morgan fingerprint density at radius 2 is 1.74 bits per heavy atom. The SMILES string of the molecule is CC(C)c1ccc(Cn2nnc(CO)c2-c2ccncc2)cc1. The molecule has 2 heterocycles. The van der Waals surface area contributed by atoms with Crippen LogP contribution in [0.3, 0.4) is 0 Å². The van der Waals surface area contributed by atoms with Crippen molar-refractivity contribution in [2.24, 2.45) is 0 Å². The zero-order chi connectivity index (χ0) is 16.2. The molecule has 2 aromatic heterocycles.